The summed E-state index contributed by atoms with van der Waals surface area (Å²) in [4.78, 5) is 2.25. The van der Waals surface area contributed by atoms with E-state index in [4.69, 9.17) is 14.1 Å². The van der Waals surface area contributed by atoms with E-state index in [-0.39, 0.29) is 34.8 Å². The van der Waals surface area contributed by atoms with Gasteiger partial charge in [0.05, 0.1) is 30.1 Å². The number of hydrogen-bond acceptors (Lipinski definition) is 8. The molecule has 0 unspecified atom stereocenters. The summed E-state index contributed by atoms with van der Waals surface area (Å²) in [6, 6.07) is 3.39. The van der Waals surface area contributed by atoms with E-state index in [0.29, 0.717) is 31.7 Å². The van der Waals surface area contributed by atoms with Gasteiger partial charge in [-0.25, -0.2) is 13.0 Å². The smallest absolute Gasteiger partial charge is 0.245 e. The predicted molar refractivity (Wildman–Crippen MR) is 103 cm³/mol. The monoisotopic (exact) mass is 410 g/mol. The quantitative estimate of drug-likeness (QED) is 0.753. The molecule has 0 amide bonds. The van der Waals surface area contributed by atoms with Gasteiger partial charge in [-0.1, -0.05) is 0 Å². The zero-order chi connectivity index (χ0) is 20.1. The highest BCUT2D eigenvalue weighted by molar-refractivity contribution is 7.89. The summed E-state index contributed by atoms with van der Waals surface area (Å²) in [5.74, 6) is 0. The number of ether oxygens (including phenoxy) is 2. The Balaban J connectivity index is 1.73. The minimum atomic E-state index is -3.75. The van der Waals surface area contributed by atoms with Crippen LogP contribution in [-0.4, -0.2) is 73.6 Å². The van der Waals surface area contributed by atoms with Crippen molar-refractivity contribution in [3.63, 3.8) is 0 Å². The molecule has 0 spiro atoms. The Kier molecular flexibility index (Phi) is 5.07. The van der Waals surface area contributed by atoms with Crippen LogP contribution in [0.15, 0.2) is 21.7 Å². The fourth-order valence-corrected chi connectivity index (χ4v) is 5.84. The Hall–Kier alpha value is -1.75. The molecule has 1 aromatic carbocycles. The molecule has 1 aromatic heterocycles. The van der Waals surface area contributed by atoms with E-state index in [1.165, 1.54) is 4.31 Å². The maximum atomic E-state index is 13.3. The van der Waals surface area contributed by atoms with Gasteiger partial charge in [0.25, 0.3) is 0 Å². The van der Waals surface area contributed by atoms with Crippen LogP contribution >= 0.6 is 0 Å². The van der Waals surface area contributed by atoms with E-state index in [0.717, 1.165) is 5.69 Å². The third-order valence-electron chi connectivity index (χ3n) is 5.12. The average Bonchev–Trinajstić information content (AvgIpc) is 3.08. The largest absolute Gasteiger partial charge is 0.373 e. The van der Waals surface area contributed by atoms with Crippen LogP contribution in [-0.2, 0) is 19.5 Å². The highest BCUT2D eigenvalue weighted by atomic mass is 32.2. The van der Waals surface area contributed by atoms with Gasteiger partial charge < -0.3 is 14.4 Å². The van der Waals surface area contributed by atoms with Crippen molar-refractivity contribution in [1.82, 2.24) is 14.6 Å². The normalized spacial score (nSPS) is 30.1. The lowest BCUT2D eigenvalue weighted by atomic mass is 10.2. The molecular weight excluding hydrogens is 384 g/mol. The second-order valence-corrected chi connectivity index (χ2v) is 9.69. The molecule has 2 saturated heterocycles. The summed E-state index contributed by atoms with van der Waals surface area (Å²) in [7, 11) is -3.75. The van der Waals surface area contributed by atoms with Gasteiger partial charge in [-0.3, -0.25) is 0 Å². The Morgan fingerprint density at radius 3 is 2.00 bits per heavy atom. The van der Waals surface area contributed by atoms with Crippen molar-refractivity contribution in [3.8, 4) is 0 Å². The van der Waals surface area contributed by atoms with Crippen molar-refractivity contribution < 1.29 is 22.5 Å². The number of sulfonamides is 1. The third-order valence-corrected chi connectivity index (χ3v) is 6.98. The highest BCUT2D eigenvalue weighted by Gasteiger charge is 2.35. The van der Waals surface area contributed by atoms with Crippen molar-refractivity contribution in [1.29, 1.82) is 0 Å². The zero-order valence-corrected chi connectivity index (χ0v) is 17.3. The molecule has 9 nitrogen and oxygen atoms in total. The second-order valence-electron chi connectivity index (χ2n) is 7.79. The van der Waals surface area contributed by atoms with Crippen LogP contribution in [0.25, 0.3) is 11.0 Å². The molecule has 0 aliphatic carbocycles. The van der Waals surface area contributed by atoms with Crippen LogP contribution in [0.2, 0.25) is 0 Å². The summed E-state index contributed by atoms with van der Waals surface area (Å²) in [5, 5.41) is 7.95. The maximum Gasteiger partial charge on any atom is 0.245 e. The van der Waals surface area contributed by atoms with E-state index in [1.807, 2.05) is 27.7 Å². The maximum absolute atomic E-state index is 13.3. The number of morpholine rings is 2. The number of rotatable bonds is 3. The third kappa shape index (κ3) is 3.49. The van der Waals surface area contributed by atoms with Gasteiger partial charge >= 0.3 is 0 Å². The van der Waals surface area contributed by atoms with E-state index in [2.05, 4.69) is 15.2 Å². The first-order chi connectivity index (χ1) is 13.3. The fourth-order valence-electron chi connectivity index (χ4n) is 4.13. The number of hydrogen-bond donors (Lipinski definition) is 0. The molecule has 0 bridgehead atoms. The molecule has 10 heteroatoms. The van der Waals surface area contributed by atoms with Gasteiger partial charge in [-0.05, 0) is 50.1 Å². The van der Waals surface area contributed by atoms with Gasteiger partial charge in [0.1, 0.15) is 4.90 Å². The number of aromatic nitrogens is 2. The van der Waals surface area contributed by atoms with Gasteiger partial charge in [0.2, 0.25) is 10.0 Å². The van der Waals surface area contributed by atoms with Crippen molar-refractivity contribution in [2.24, 2.45) is 0 Å². The van der Waals surface area contributed by atoms with Gasteiger partial charge in [0, 0.05) is 26.2 Å². The van der Waals surface area contributed by atoms with Gasteiger partial charge in [-0.2, -0.15) is 4.31 Å². The topological polar surface area (TPSA) is 98.0 Å². The lowest BCUT2D eigenvalue weighted by Crippen LogP contribution is -2.48. The standard InChI is InChI=1S/C18H26N4O5S/c1-11-7-21(8-12(2)25-11)15-5-6-16(18-17(15)19-27-20-18)28(23,24)22-9-13(3)26-14(4)10-22/h5-6,11-14H,7-10H2,1-4H3/t11-,12+,13-,14+. The number of benzene rings is 1. The molecule has 28 heavy (non-hydrogen) atoms. The van der Waals surface area contributed by atoms with Crippen LogP contribution in [0.5, 0.6) is 0 Å². The minimum absolute atomic E-state index is 0.0680. The Morgan fingerprint density at radius 1 is 0.857 bits per heavy atom. The summed E-state index contributed by atoms with van der Waals surface area (Å²) in [6.45, 7) is 9.76. The van der Waals surface area contributed by atoms with E-state index < -0.39 is 10.0 Å². The molecule has 4 atom stereocenters. The lowest BCUT2D eigenvalue weighted by molar-refractivity contribution is -0.0440. The summed E-state index contributed by atoms with van der Waals surface area (Å²) in [5.41, 5.74) is 1.52. The summed E-state index contributed by atoms with van der Waals surface area (Å²) < 4.78 is 44.5. The Bertz CT molecular complexity index is 942. The van der Waals surface area contributed by atoms with Gasteiger partial charge in [-0.15, -0.1) is 0 Å². The van der Waals surface area contributed by atoms with Gasteiger partial charge in [0.15, 0.2) is 11.0 Å². The molecule has 2 aromatic rings. The molecule has 0 N–H and O–H groups in total. The van der Waals surface area contributed by atoms with Crippen molar-refractivity contribution in [3.05, 3.63) is 12.1 Å². The highest BCUT2D eigenvalue weighted by Crippen LogP contribution is 2.33. The van der Waals surface area contributed by atoms with E-state index in [1.54, 1.807) is 12.1 Å². The first kappa shape index (κ1) is 19.6. The van der Waals surface area contributed by atoms with Crippen molar-refractivity contribution in [2.75, 3.05) is 31.1 Å². The van der Waals surface area contributed by atoms with Crippen LogP contribution < -0.4 is 4.90 Å². The number of anilines is 1. The summed E-state index contributed by atoms with van der Waals surface area (Å²) >= 11 is 0. The molecule has 0 saturated carbocycles. The van der Waals surface area contributed by atoms with E-state index in [9.17, 15) is 8.42 Å². The molecule has 154 valence electrons. The second kappa shape index (κ2) is 7.25. The molecule has 2 aliphatic heterocycles. The Labute approximate surface area is 164 Å². The predicted octanol–water partition coefficient (Wildman–Crippen LogP) is 1.63. The zero-order valence-electron chi connectivity index (χ0n) is 16.5. The molecule has 4 rings (SSSR count). The first-order valence-corrected chi connectivity index (χ1v) is 11.0. The molecule has 0 radical (unpaired) electrons. The SMILES string of the molecule is C[C@@H]1CN(c2ccc(S(=O)(=O)N3C[C@@H](C)O[C@@H](C)C3)c3nonc23)C[C@H](C)O1. The molecular formula is C18H26N4O5S. The minimum Gasteiger partial charge on any atom is -0.373 e. The fraction of sp³-hybridized carbons (Fsp3) is 0.667. The first-order valence-electron chi connectivity index (χ1n) is 9.57. The number of nitrogens with zero attached hydrogens (tertiary/aromatic N) is 4. The van der Waals surface area contributed by atoms with Crippen molar-refractivity contribution in [2.45, 2.75) is 57.0 Å². The van der Waals surface area contributed by atoms with Crippen LogP contribution in [0.4, 0.5) is 5.69 Å². The van der Waals surface area contributed by atoms with Crippen molar-refractivity contribution >= 4 is 26.7 Å². The number of fused-ring (bicyclic) bond motifs is 1. The van der Waals surface area contributed by atoms with Crippen LogP contribution in [0.1, 0.15) is 27.7 Å². The lowest BCUT2D eigenvalue weighted by Gasteiger charge is -2.37. The Morgan fingerprint density at radius 2 is 1.39 bits per heavy atom. The average molecular weight is 410 g/mol. The summed E-state index contributed by atoms with van der Waals surface area (Å²) in [6.07, 6.45) is -0.197. The van der Waals surface area contributed by atoms with Crippen LogP contribution in [0, 0.1) is 0 Å². The molecule has 2 aliphatic rings. The molecule has 2 fully saturated rings. The van der Waals surface area contributed by atoms with Crippen LogP contribution in [0.3, 0.4) is 0 Å². The molecule has 3 heterocycles. The van der Waals surface area contributed by atoms with E-state index >= 15 is 0 Å².